The predicted octanol–water partition coefficient (Wildman–Crippen LogP) is 1.57. The lowest BCUT2D eigenvalue weighted by Crippen LogP contribution is -2.41. The van der Waals surface area contributed by atoms with Gasteiger partial charge in [-0.05, 0) is 62.0 Å². The van der Waals surface area contributed by atoms with Crippen LogP contribution >= 0.6 is 0 Å². The van der Waals surface area contributed by atoms with Crippen molar-refractivity contribution >= 4 is 0 Å². The van der Waals surface area contributed by atoms with E-state index >= 15 is 0 Å². The molecule has 0 amide bonds. The minimum Gasteiger partial charge on any atom is -0.497 e. The Kier molecular flexibility index (Phi) is 5.05. The molecule has 0 bridgehead atoms. The van der Waals surface area contributed by atoms with Crippen LogP contribution in [0.3, 0.4) is 0 Å². The molecule has 0 unspecified atom stereocenters. The van der Waals surface area contributed by atoms with Crippen LogP contribution in [0.2, 0.25) is 0 Å². The van der Waals surface area contributed by atoms with Gasteiger partial charge in [0, 0.05) is 6.04 Å². The molecular formula is C15H24N2O2. The Morgan fingerprint density at radius 3 is 2.68 bits per heavy atom. The minimum atomic E-state index is 0.435. The standard InChI is InChI=1S/C15H24N2O2/c1-18-14-3-4-15(19-2)12(9-14)5-6-17-10-11-7-13(16)8-11/h3-4,9,11,13,17H,5-8,10,16H2,1-2H3. The third kappa shape index (κ3) is 3.85. The molecule has 4 nitrogen and oxygen atoms in total. The summed E-state index contributed by atoms with van der Waals surface area (Å²) in [6.45, 7) is 2.02. The number of rotatable bonds is 7. The molecule has 3 N–H and O–H groups in total. The summed E-state index contributed by atoms with van der Waals surface area (Å²) < 4.78 is 10.6. The van der Waals surface area contributed by atoms with Crippen molar-refractivity contribution in [1.82, 2.24) is 5.32 Å². The van der Waals surface area contributed by atoms with Crippen LogP contribution in [0.5, 0.6) is 11.5 Å². The van der Waals surface area contributed by atoms with E-state index in [1.165, 1.54) is 5.56 Å². The second-order valence-electron chi connectivity index (χ2n) is 5.23. The lowest BCUT2D eigenvalue weighted by molar-refractivity contribution is 0.257. The maximum absolute atomic E-state index is 5.78. The molecule has 19 heavy (non-hydrogen) atoms. The van der Waals surface area contributed by atoms with Gasteiger partial charge in [0.2, 0.25) is 0 Å². The summed E-state index contributed by atoms with van der Waals surface area (Å²) in [5.74, 6) is 2.57. The SMILES string of the molecule is COc1ccc(OC)c(CCNCC2CC(N)C2)c1. The molecule has 0 radical (unpaired) electrons. The number of hydrogen-bond acceptors (Lipinski definition) is 4. The lowest BCUT2D eigenvalue weighted by atomic mass is 9.81. The molecule has 2 rings (SSSR count). The van der Waals surface area contributed by atoms with Gasteiger partial charge in [0.25, 0.3) is 0 Å². The van der Waals surface area contributed by atoms with E-state index in [9.17, 15) is 0 Å². The average Bonchev–Trinajstić information content (AvgIpc) is 2.40. The first-order valence-corrected chi connectivity index (χ1v) is 6.90. The summed E-state index contributed by atoms with van der Waals surface area (Å²) in [5, 5.41) is 3.49. The first-order valence-electron chi connectivity index (χ1n) is 6.90. The van der Waals surface area contributed by atoms with Gasteiger partial charge < -0.3 is 20.5 Å². The van der Waals surface area contributed by atoms with Crippen LogP contribution in [-0.2, 0) is 6.42 Å². The van der Waals surface area contributed by atoms with Crippen LogP contribution in [0.25, 0.3) is 0 Å². The quantitative estimate of drug-likeness (QED) is 0.734. The zero-order valence-electron chi connectivity index (χ0n) is 11.8. The summed E-state index contributed by atoms with van der Waals surface area (Å²) in [5.41, 5.74) is 6.96. The Morgan fingerprint density at radius 1 is 1.26 bits per heavy atom. The van der Waals surface area contributed by atoms with Crippen LogP contribution in [0.4, 0.5) is 0 Å². The zero-order valence-corrected chi connectivity index (χ0v) is 11.8. The largest absolute Gasteiger partial charge is 0.497 e. The van der Waals surface area contributed by atoms with Gasteiger partial charge in [-0.2, -0.15) is 0 Å². The molecule has 0 heterocycles. The maximum Gasteiger partial charge on any atom is 0.122 e. The summed E-state index contributed by atoms with van der Waals surface area (Å²) in [6, 6.07) is 6.36. The van der Waals surface area contributed by atoms with Crippen LogP contribution < -0.4 is 20.5 Å². The van der Waals surface area contributed by atoms with Crippen molar-refractivity contribution in [3.8, 4) is 11.5 Å². The first kappa shape index (κ1) is 14.2. The fourth-order valence-corrected chi connectivity index (χ4v) is 2.56. The van der Waals surface area contributed by atoms with Crippen LogP contribution in [0, 0.1) is 5.92 Å². The summed E-state index contributed by atoms with van der Waals surface area (Å²) in [4.78, 5) is 0. The highest BCUT2D eigenvalue weighted by Crippen LogP contribution is 2.25. The molecule has 1 aromatic carbocycles. The molecule has 0 saturated heterocycles. The Bertz CT molecular complexity index is 403. The average molecular weight is 264 g/mol. The lowest BCUT2D eigenvalue weighted by Gasteiger charge is -2.32. The van der Waals surface area contributed by atoms with E-state index in [0.717, 1.165) is 49.8 Å². The first-order chi connectivity index (χ1) is 9.22. The van der Waals surface area contributed by atoms with E-state index < -0.39 is 0 Å². The van der Waals surface area contributed by atoms with Gasteiger partial charge >= 0.3 is 0 Å². The number of methoxy groups -OCH3 is 2. The van der Waals surface area contributed by atoms with Crippen molar-refractivity contribution in [2.75, 3.05) is 27.3 Å². The number of ether oxygens (including phenoxy) is 2. The Hall–Kier alpha value is -1.26. The summed E-state index contributed by atoms with van der Waals surface area (Å²) in [7, 11) is 3.39. The molecule has 1 aliphatic carbocycles. The normalized spacial score (nSPS) is 21.8. The molecule has 0 aliphatic heterocycles. The van der Waals surface area contributed by atoms with Gasteiger partial charge in [-0.15, -0.1) is 0 Å². The second kappa shape index (κ2) is 6.78. The molecular weight excluding hydrogens is 240 g/mol. The van der Waals surface area contributed by atoms with Gasteiger partial charge in [0.15, 0.2) is 0 Å². The predicted molar refractivity (Wildman–Crippen MR) is 76.8 cm³/mol. The fraction of sp³-hybridized carbons (Fsp3) is 0.600. The highest BCUT2D eigenvalue weighted by Gasteiger charge is 2.24. The fourth-order valence-electron chi connectivity index (χ4n) is 2.56. The van der Waals surface area contributed by atoms with E-state index in [2.05, 4.69) is 5.32 Å². The molecule has 1 aliphatic rings. The van der Waals surface area contributed by atoms with Gasteiger partial charge in [-0.1, -0.05) is 0 Å². The van der Waals surface area contributed by atoms with Crippen molar-refractivity contribution in [2.24, 2.45) is 11.7 Å². The van der Waals surface area contributed by atoms with Gasteiger partial charge in [0.05, 0.1) is 14.2 Å². The Balaban J connectivity index is 1.77. The van der Waals surface area contributed by atoms with E-state index in [1.807, 2.05) is 18.2 Å². The highest BCUT2D eigenvalue weighted by atomic mass is 16.5. The molecule has 0 atom stereocenters. The molecule has 4 heteroatoms. The van der Waals surface area contributed by atoms with E-state index in [1.54, 1.807) is 14.2 Å². The third-order valence-corrected chi connectivity index (χ3v) is 3.76. The third-order valence-electron chi connectivity index (χ3n) is 3.76. The van der Waals surface area contributed by atoms with Crippen LogP contribution in [0.15, 0.2) is 18.2 Å². The van der Waals surface area contributed by atoms with E-state index in [0.29, 0.717) is 6.04 Å². The van der Waals surface area contributed by atoms with Crippen LogP contribution in [-0.4, -0.2) is 33.4 Å². The van der Waals surface area contributed by atoms with Gasteiger partial charge in [0.1, 0.15) is 11.5 Å². The summed E-state index contributed by atoms with van der Waals surface area (Å²) in [6.07, 6.45) is 3.27. The van der Waals surface area contributed by atoms with Gasteiger partial charge in [-0.3, -0.25) is 0 Å². The van der Waals surface area contributed by atoms with E-state index in [-0.39, 0.29) is 0 Å². The molecule has 1 saturated carbocycles. The topological polar surface area (TPSA) is 56.5 Å². The second-order valence-corrected chi connectivity index (χ2v) is 5.23. The monoisotopic (exact) mass is 264 g/mol. The highest BCUT2D eigenvalue weighted by molar-refractivity contribution is 5.40. The van der Waals surface area contributed by atoms with Crippen molar-refractivity contribution in [3.05, 3.63) is 23.8 Å². The Labute approximate surface area is 115 Å². The van der Waals surface area contributed by atoms with Crippen molar-refractivity contribution < 1.29 is 9.47 Å². The smallest absolute Gasteiger partial charge is 0.122 e. The minimum absolute atomic E-state index is 0.435. The van der Waals surface area contributed by atoms with Crippen molar-refractivity contribution in [1.29, 1.82) is 0 Å². The molecule has 0 aromatic heterocycles. The molecule has 0 spiro atoms. The molecule has 1 fully saturated rings. The number of nitrogens with one attached hydrogen (secondary N) is 1. The number of hydrogen-bond donors (Lipinski definition) is 2. The Morgan fingerprint density at radius 2 is 2.05 bits per heavy atom. The van der Waals surface area contributed by atoms with Crippen molar-refractivity contribution in [2.45, 2.75) is 25.3 Å². The number of nitrogens with two attached hydrogens (primary N) is 1. The zero-order chi connectivity index (χ0) is 13.7. The van der Waals surface area contributed by atoms with Gasteiger partial charge in [-0.25, -0.2) is 0 Å². The molecule has 106 valence electrons. The maximum atomic E-state index is 5.78. The number of benzene rings is 1. The molecule has 1 aromatic rings. The van der Waals surface area contributed by atoms with Crippen molar-refractivity contribution in [3.63, 3.8) is 0 Å². The van der Waals surface area contributed by atoms with Crippen LogP contribution in [0.1, 0.15) is 18.4 Å². The summed E-state index contributed by atoms with van der Waals surface area (Å²) >= 11 is 0. The van der Waals surface area contributed by atoms with E-state index in [4.69, 9.17) is 15.2 Å².